The molecule has 5 nitrogen and oxygen atoms in total. The maximum atomic E-state index is 12.4. The fourth-order valence-electron chi connectivity index (χ4n) is 2.93. The Morgan fingerprint density at radius 1 is 1.41 bits per heavy atom. The van der Waals surface area contributed by atoms with E-state index in [-0.39, 0.29) is 11.6 Å². The van der Waals surface area contributed by atoms with Gasteiger partial charge >= 0.3 is 0 Å². The molecular formula is C17H22N2O3. The number of hydrogen-bond acceptors (Lipinski definition) is 4. The molecule has 0 unspecified atom stereocenters. The molecule has 0 bridgehead atoms. The molecule has 1 aliphatic carbocycles. The first kappa shape index (κ1) is 14.8. The Bertz CT molecular complexity index is 633. The van der Waals surface area contributed by atoms with Crippen LogP contribution in [0.15, 0.2) is 24.0 Å². The topological polar surface area (TPSA) is 42.0 Å². The number of rotatable bonds is 4. The average Bonchev–Trinajstić information content (AvgIpc) is 3.21. The lowest BCUT2D eigenvalue weighted by Gasteiger charge is -2.18. The molecular weight excluding hydrogens is 280 g/mol. The number of likely N-dealkylation sites (N-methyl/N-ethyl adjacent to an activating group) is 1. The van der Waals surface area contributed by atoms with Crippen molar-refractivity contribution in [3.05, 3.63) is 29.5 Å². The van der Waals surface area contributed by atoms with Gasteiger partial charge < -0.3 is 14.4 Å². The number of methoxy groups -OCH3 is 1. The van der Waals surface area contributed by atoms with Gasteiger partial charge in [0.25, 0.3) is 5.91 Å². The van der Waals surface area contributed by atoms with E-state index in [1.54, 1.807) is 13.2 Å². The molecule has 0 aromatic heterocycles. The molecule has 0 N–H and O–H groups in total. The Kier molecular flexibility index (Phi) is 3.51. The molecule has 3 rings (SSSR count). The third kappa shape index (κ3) is 2.30. The van der Waals surface area contributed by atoms with Crippen LogP contribution in [0.25, 0.3) is 6.08 Å². The summed E-state index contributed by atoms with van der Waals surface area (Å²) in [6.45, 7) is 2.66. The fraction of sp³-hybridized carbons (Fsp3) is 0.471. The predicted molar refractivity (Wildman–Crippen MR) is 85.7 cm³/mol. The smallest absolute Gasteiger partial charge is 0.292 e. The van der Waals surface area contributed by atoms with E-state index in [2.05, 4.69) is 0 Å². The Balaban J connectivity index is 1.91. The standard InChI is InChI=1S/C17H22N2O3/c1-5-19-16(20)15(22-17(19)8-9-17)11-12-6-7-13(18(2)3)14(10-12)21-4/h6-7,10-11H,5,8-9H2,1-4H3/b15-11+. The van der Waals surface area contributed by atoms with Gasteiger partial charge in [0.2, 0.25) is 0 Å². The monoisotopic (exact) mass is 302 g/mol. The third-order valence-corrected chi connectivity index (χ3v) is 4.23. The molecule has 5 heteroatoms. The number of hydrogen-bond donors (Lipinski definition) is 0. The van der Waals surface area contributed by atoms with Crippen molar-refractivity contribution in [3.63, 3.8) is 0 Å². The Morgan fingerprint density at radius 2 is 2.14 bits per heavy atom. The number of anilines is 1. The highest BCUT2D eigenvalue weighted by atomic mass is 16.6. The van der Waals surface area contributed by atoms with Crippen LogP contribution in [0.3, 0.4) is 0 Å². The van der Waals surface area contributed by atoms with Gasteiger partial charge in [0, 0.05) is 33.5 Å². The summed E-state index contributed by atoms with van der Waals surface area (Å²) in [6.07, 6.45) is 3.65. The van der Waals surface area contributed by atoms with E-state index in [0.717, 1.165) is 29.8 Å². The van der Waals surface area contributed by atoms with Gasteiger partial charge in [0.1, 0.15) is 5.75 Å². The van der Waals surface area contributed by atoms with Gasteiger partial charge in [-0.2, -0.15) is 0 Å². The van der Waals surface area contributed by atoms with Crippen LogP contribution in [0.5, 0.6) is 5.75 Å². The van der Waals surface area contributed by atoms with Crippen molar-refractivity contribution in [2.24, 2.45) is 0 Å². The van der Waals surface area contributed by atoms with Crippen LogP contribution < -0.4 is 9.64 Å². The lowest BCUT2D eigenvalue weighted by atomic mass is 10.1. The zero-order chi connectivity index (χ0) is 15.9. The van der Waals surface area contributed by atoms with Gasteiger partial charge in [0.15, 0.2) is 11.5 Å². The minimum atomic E-state index is -0.356. The zero-order valence-corrected chi connectivity index (χ0v) is 13.5. The van der Waals surface area contributed by atoms with Gasteiger partial charge in [0.05, 0.1) is 12.8 Å². The van der Waals surface area contributed by atoms with Crippen molar-refractivity contribution in [2.75, 3.05) is 32.6 Å². The van der Waals surface area contributed by atoms with E-state index in [0.29, 0.717) is 12.3 Å². The number of carbonyl (C=O) groups excluding carboxylic acids is 1. The number of amides is 1. The third-order valence-electron chi connectivity index (χ3n) is 4.23. The van der Waals surface area contributed by atoms with E-state index in [1.165, 1.54) is 0 Å². The second-order valence-corrected chi connectivity index (χ2v) is 5.93. The summed E-state index contributed by atoms with van der Waals surface area (Å²) in [4.78, 5) is 16.2. The van der Waals surface area contributed by atoms with Crippen LogP contribution in [-0.2, 0) is 9.53 Å². The summed E-state index contributed by atoms with van der Waals surface area (Å²) in [5, 5.41) is 0. The molecule has 0 radical (unpaired) electrons. The van der Waals surface area contributed by atoms with Crippen molar-refractivity contribution >= 4 is 17.7 Å². The van der Waals surface area contributed by atoms with Crippen LogP contribution in [0, 0.1) is 0 Å². The molecule has 1 saturated carbocycles. The zero-order valence-electron chi connectivity index (χ0n) is 13.5. The fourth-order valence-corrected chi connectivity index (χ4v) is 2.93. The van der Waals surface area contributed by atoms with Crippen molar-refractivity contribution < 1.29 is 14.3 Å². The van der Waals surface area contributed by atoms with Crippen LogP contribution in [0.2, 0.25) is 0 Å². The van der Waals surface area contributed by atoms with E-state index >= 15 is 0 Å². The van der Waals surface area contributed by atoms with Crippen LogP contribution >= 0.6 is 0 Å². The first-order chi connectivity index (χ1) is 10.5. The molecule has 22 heavy (non-hydrogen) atoms. The summed E-state index contributed by atoms with van der Waals surface area (Å²) in [7, 11) is 5.58. The summed E-state index contributed by atoms with van der Waals surface area (Å²) in [5.41, 5.74) is 1.54. The molecule has 1 aromatic rings. The Morgan fingerprint density at radius 3 is 2.64 bits per heavy atom. The van der Waals surface area contributed by atoms with E-state index < -0.39 is 0 Å². The second-order valence-electron chi connectivity index (χ2n) is 5.93. The molecule has 2 aliphatic rings. The summed E-state index contributed by atoms with van der Waals surface area (Å²) in [6, 6.07) is 5.87. The highest BCUT2D eigenvalue weighted by molar-refractivity contribution is 5.98. The maximum absolute atomic E-state index is 12.4. The predicted octanol–water partition coefficient (Wildman–Crippen LogP) is 2.47. The minimum Gasteiger partial charge on any atom is -0.495 e. The van der Waals surface area contributed by atoms with E-state index in [9.17, 15) is 4.79 Å². The first-order valence-electron chi connectivity index (χ1n) is 7.59. The largest absolute Gasteiger partial charge is 0.495 e. The van der Waals surface area contributed by atoms with Crippen LogP contribution in [0.4, 0.5) is 5.69 Å². The maximum Gasteiger partial charge on any atom is 0.292 e. The molecule has 1 saturated heterocycles. The lowest BCUT2D eigenvalue weighted by Crippen LogP contribution is -2.34. The van der Waals surface area contributed by atoms with Gasteiger partial charge in [-0.25, -0.2) is 0 Å². The van der Waals surface area contributed by atoms with E-state index in [1.807, 2.05) is 49.0 Å². The molecule has 1 amide bonds. The minimum absolute atomic E-state index is 0.0179. The van der Waals surface area contributed by atoms with Gasteiger partial charge in [-0.3, -0.25) is 9.69 Å². The Hall–Kier alpha value is -2.17. The lowest BCUT2D eigenvalue weighted by molar-refractivity contribution is -0.127. The average molecular weight is 302 g/mol. The number of carbonyl (C=O) groups is 1. The highest BCUT2D eigenvalue weighted by Gasteiger charge is 2.58. The quantitative estimate of drug-likeness (QED) is 0.801. The van der Waals surface area contributed by atoms with Crippen molar-refractivity contribution in [2.45, 2.75) is 25.5 Å². The van der Waals surface area contributed by atoms with Gasteiger partial charge in [-0.15, -0.1) is 0 Å². The number of ether oxygens (including phenoxy) is 2. The first-order valence-corrected chi connectivity index (χ1v) is 7.59. The molecule has 0 atom stereocenters. The van der Waals surface area contributed by atoms with E-state index in [4.69, 9.17) is 9.47 Å². The number of nitrogens with zero attached hydrogens (tertiary/aromatic N) is 2. The number of benzene rings is 1. The molecule has 1 aliphatic heterocycles. The van der Waals surface area contributed by atoms with Crippen LogP contribution in [-0.4, -0.2) is 44.3 Å². The molecule has 1 spiro atoms. The summed E-state index contributed by atoms with van der Waals surface area (Å²) in [5.74, 6) is 1.19. The van der Waals surface area contributed by atoms with Crippen molar-refractivity contribution in [1.29, 1.82) is 0 Å². The molecule has 1 aromatic carbocycles. The molecule has 1 heterocycles. The second kappa shape index (κ2) is 5.23. The van der Waals surface area contributed by atoms with Gasteiger partial charge in [-0.05, 0) is 30.7 Å². The van der Waals surface area contributed by atoms with Gasteiger partial charge in [-0.1, -0.05) is 6.07 Å². The summed E-state index contributed by atoms with van der Waals surface area (Å²) < 4.78 is 11.3. The van der Waals surface area contributed by atoms with Crippen molar-refractivity contribution in [1.82, 2.24) is 4.90 Å². The Labute approximate surface area is 131 Å². The van der Waals surface area contributed by atoms with Crippen LogP contribution in [0.1, 0.15) is 25.3 Å². The molecule has 2 fully saturated rings. The van der Waals surface area contributed by atoms with Crippen molar-refractivity contribution in [3.8, 4) is 5.75 Å². The molecule has 118 valence electrons. The highest BCUT2D eigenvalue weighted by Crippen LogP contribution is 2.49. The normalized spacial score (nSPS) is 20.5. The SMILES string of the molecule is CCN1C(=O)/C(=C\c2ccc(N(C)C)c(OC)c2)OC12CC2. The summed E-state index contributed by atoms with van der Waals surface area (Å²) >= 11 is 0.